The minimum atomic E-state index is 0. The number of hydrogen-bond donors (Lipinski definition) is 0. The Labute approximate surface area is 89.3 Å². The van der Waals surface area contributed by atoms with Gasteiger partial charge in [0.2, 0.25) is 0 Å². The third-order valence-electron chi connectivity index (χ3n) is 0. The van der Waals surface area contributed by atoms with Crippen LogP contribution in [0.3, 0.4) is 0 Å². The molecule has 0 spiro atoms. The van der Waals surface area contributed by atoms with Crippen LogP contribution in [0.1, 0.15) is 0 Å². The van der Waals surface area contributed by atoms with Crippen LogP contribution in [-0.2, 0) is 21.1 Å². The van der Waals surface area contributed by atoms with Gasteiger partial charge in [-0.1, -0.05) is 0 Å². The second-order valence-electron chi connectivity index (χ2n) is 0. The van der Waals surface area contributed by atoms with Gasteiger partial charge in [0, 0.05) is 90.5 Å². The van der Waals surface area contributed by atoms with Crippen LogP contribution in [0.4, 0.5) is 0 Å². The van der Waals surface area contributed by atoms with E-state index in [1.54, 1.807) is 0 Å². The Morgan fingerprint density at radius 3 is 0.400 bits per heavy atom. The quantitative estimate of drug-likeness (QED) is 0.477. The van der Waals surface area contributed by atoms with E-state index in [0.29, 0.717) is 0 Å². The van der Waals surface area contributed by atoms with Crippen molar-refractivity contribution < 1.29 is 21.1 Å². The molecule has 5 heavy (non-hydrogen) atoms. The van der Waals surface area contributed by atoms with E-state index in [4.69, 9.17) is 0 Å². The van der Waals surface area contributed by atoms with Crippen LogP contribution in [0.15, 0.2) is 0 Å². The number of hydrogen-bond acceptors (Lipinski definition) is 0. The first-order valence-electron chi connectivity index (χ1n) is 0. The summed E-state index contributed by atoms with van der Waals surface area (Å²) < 4.78 is 0. The third kappa shape index (κ3) is 19.9. The van der Waals surface area contributed by atoms with Crippen LogP contribution in [0, 0.1) is 0 Å². The van der Waals surface area contributed by atoms with Crippen LogP contribution >= 0.6 is 0 Å². The van der Waals surface area contributed by atoms with Crippen LogP contribution in [0.2, 0.25) is 0 Å². The molecule has 0 atom stereocenters. The molecule has 0 fully saturated rings. The van der Waals surface area contributed by atoms with Crippen molar-refractivity contribution in [2.75, 3.05) is 0 Å². The Kier molecular flexibility index (Phi) is 266. The predicted molar refractivity (Wildman–Crippen MR) is 23.0 cm³/mol. The molecule has 0 amide bonds. The zero-order valence-corrected chi connectivity index (χ0v) is 9.52. The Morgan fingerprint density at radius 2 is 0.400 bits per heavy atom. The zero-order valence-electron chi connectivity index (χ0n) is 2.63. The van der Waals surface area contributed by atoms with Crippen molar-refractivity contribution in [3.8, 4) is 0 Å². The molecule has 0 saturated heterocycles. The maximum Gasteiger partial charge on any atom is 0 e. The molecule has 0 N–H and O–H groups in total. The Morgan fingerprint density at radius 1 is 0.400 bits per heavy atom. The molecular weight excluding hydrogens is 303 g/mol. The maximum atomic E-state index is 0. The molecule has 0 aliphatic heterocycles. The molecular formula is Al4Pt. The summed E-state index contributed by atoms with van der Waals surface area (Å²) in [6.07, 6.45) is 0. The van der Waals surface area contributed by atoms with E-state index in [-0.39, 0.29) is 90.5 Å². The molecule has 5 heteroatoms. The standard InChI is InChI=1S/4Al.Pt. The minimum absolute atomic E-state index is 0. The van der Waals surface area contributed by atoms with Gasteiger partial charge in [-0.15, -0.1) is 0 Å². The summed E-state index contributed by atoms with van der Waals surface area (Å²) in [6.45, 7) is 0. The molecule has 12 radical (unpaired) electrons. The summed E-state index contributed by atoms with van der Waals surface area (Å²) in [5, 5.41) is 0. The zero-order chi connectivity index (χ0) is 0. The van der Waals surface area contributed by atoms with Crippen molar-refractivity contribution in [3.63, 3.8) is 0 Å². The summed E-state index contributed by atoms with van der Waals surface area (Å²) in [7, 11) is 0. The van der Waals surface area contributed by atoms with E-state index in [9.17, 15) is 0 Å². The largest absolute Gasteiger partial charge is 0 e. The van der Waals surface area contributed by atoms with Crippen molar-refractivity contribution in [1.82, 2.24) is 0 Å². The van der Waals surface area contributed by atoms with Crippen LogP contribution in [-0.4, -0.2) is 69.4 Å². The fraction of sp³-hybridized carbons (Fsp3) is 0. The van der Waals surface area contributed by atoms with Crippen molar-refractivity contribution in [2.24, 2.45) is 0 Å². The first-order chi connectivity index (χ1) is 0. The fourth-order valence-corrected chi connectivity index (χ4v) is 0. The van der Waals surface area contributed by atoms with E-state index in [1.165, 1.54) is 0 Å². The van der Waals surface area contributed by atoms with Gasteiger partial charge in [-0.05, 0) is 0 Å². The minimum Gasteiger partial charge on any atom is 0 e. The topological polar surface area (TPSA) is 0 Å². The van der Waals surface area contributed by atoms with Gasteiger partial charge in [0.1, 0.15) is 0 Å². The average molecular weight is 303 g/mol. The van der Waals surface area contributed by atoms with Gasteiger partial charge in [-0.2, -0.15) is 0 Å². The molecule has 0 heterocycles. The van der Waals surface area contributed by atoms with Gasteiger partial charge in [0.05, 0.1) is 0 Å². The second-order valence-corrected chi connectivity index (χ2v) is 0. The molecule has 0 bridgehead atoms. The Hall–Kier alpha value is 2.82. The Balaban J connectivity index is 0. The van der Waals surface area contributed by atoms with Gasteiger partial charge < -0.3 is 0 Å². The molecule has 0 aromatic carbocycles. The molecule has 0 nitrogen and oxygen atoms in total. The first-order valence-corrected chi connectivity index (χ1v) is 0. The van der Waals surface area contributed by atoms with Crippen LogP contribution < -0.4 is 0 Å². The average Bonchev–Trinajstić information content (AvgIpc) is 0. The van der Waals surface area contributed by atoms with Crippen molar-refractivity contribution >= 4 is 69.4 Å². The van der Waals surface area contributed by atoms with E-state index in [0.717, 1.165) is 0 Å². The van der Waals surface area contributed by atoms with Gasteiger partial charge in [-0.25, -0.2) is 0 Å². The first kappa shape index (κ1) is 45.8. The molecule has 0 aromatic rings. The summed E-state index contributed by atoms with van der Waals surface area (Å²) in [5.74, 6) is 0. The molecule has 0 saturated carbocycles. The van der Waals surface area contributed by atoms with E-state index in [1.807, 2.05) is 0 Å². The van der Waals surface area contributed by atoms with Crippen LogP contribution in [0.25, 0.3) is 0 Å². The predicted octanol–water partition coefficient (Wildman–Crippen LogP) is -1.53. The summed E-state index contributed by atoms with van der Waals surface area (Å²) in [4.78, 5) is 0. The molecule has 0 aliphatic carbocycles. The maximum absolute atomic E-state index is 0. The molecule has 0 aromatic heterocycles. The second kappa shape index (κ2) is 29.1. The third-order valence-corrected chi connectivity index (χ3v) is 0. The number of rotatable bonds is 0. The van der Waals surface area contributed by atoms with Crippen molar-refractivity contribution in [2.45, 2.75) is 0 Å². The monoisotopic (exact) mass is 303 g/mol. The van der Waals surface area contributed by atoms with Crippen LogP contribution in [0.5, 0.6) is 0 Å². The Bertz CT molecular complexity index is 3.61. The molecule has 0 aliphatic rings. The van der Waals surface area contributed by atoms with Gasteiger partial charge in [-0.3, -0.25) is 0 Å². The van der Waals surface area contributed by atoms with E-state index in [2.05, 4.69) is 0 Å². The van der Waals surface area contributed by atoms with Gasteiger partial charge in [0.15, 0.2) is 0 Å². The molecule has 0 unspecified atom stereocenters. The van der Waals surface area contributed by atoms with E-state index >= 15 is 0 Å². The van der Waals surface area contributed by atoms with Gasteiger partial charge >= 0.3 is 0 Å². The summed E-state index contributed by atoms with van der Waals surface area (Å²) >= 11 is 0. The van der Waals surface area contributed by atoms with E-state index < -0.39 is 0 Å². The van der Waals surface area contributed by atoms with Gasteiger partial charge in [0.25, 0.3) is 0 Å². The SMILES string of the molecule is [Al].[Al].[Al].[Al].[Pt]. The van der Waals surface area contributed by atoms with Crippen molar-refractivity contribution in [1.29, 1.82) is 0 Å². The smallest absolute Gasteiger partial charge is 0 e. The normalized spacial score (nSPS) is 0. The van der Waals surface area contributed by atoms with Crippen molar-refractivity contribution in [3.05, 3.63) is 0 Å². The summed E-state index contributed by atoms with van der Waals surface area (Å²) in [6, 6.07) is 0. The summed E-state index contributed by atoms with van der Waals surface area (Å²) in [5.41, 5.74) is 0. The molecule has 22 valence electrons. The molecule has 0 rings (SSSR count). The fourth-order valence-electron chi connectivity index (χ4n) is 0.